The maximum atomic E-state index is 12.3. The number of anilines is 1. The molecule has 3 heterocycles. The molecule has 0 radical (unpaired) electrons. The zero-order chi connectivity index (χ0) is 21.3. The third-order valence-electron chi connectivity index (χ3n) is 4.17. The van der Waals surface area contributed by atoms with Crippen LogP contribution in [-0.2, 0) is 16.1 Å². The quantitative estimate of drug-likeness (QED) is 0.244. The van der Waals surface area contributed by atoms with Crippen molar-refractivity contribution in [2.75, 3.05) is 12.3 Å². The molecule has 5 N–H and O–H groups in total. The highest BCUT2D eigenvalue weighted by atomic mass is 32.1. The minimum atomic E-state index is -1.56. The highest BCUT2D eigenvalue weighted by molar-refractivity contribution is 7.15. The van der Waals surface area contributed by atoms with Crippen LogP contribution < -0.4 is 11.4 Å². The van der Waals surface area contributed by atoms with Gasteiger partial charge in [0.2, 0.25) is 0 Å². The average Bonchev–Trinajstić information content (AvgIpc) is 3.26. The number of aliphatic hydroxyl groups excluding tert-OH is 3. The van der Waals surface area contributed by atoms with Crippen molar-refractivity contribution >= 4 is 28.1 Å². The van der Waals surface area contributed by atoms with Gasteiger partial charge in [-0.2, -0.15) is 4.98 Å². The summed E-state index contributed by atoms with van der Waals surface area (Å²) in [5.41, 5.74) is 4.35. The number of nitro groups is 1. The highest BCUT2D eigenvalue weighted by Crippen LogP contribution is 2.29. The average molecular weight is 428 g/mol. The Morgan fingerprint density at radius 3 is 2.72 bits per heavy atom. The lowest BCUT2D eigenvalue weighted by molar-refractivity contribution is -0.380. The van der Waals surface area contributed by atoms with Crippen LogP contribution in [0.15, 0.2) is 23.1 Å². The van der Waals surface area contributed by atoms with Crippen molar-refractivity contribution in [1.82, 2.24) is 9.55 Å². The normalized spacial score (nSPS) is 23.8. The van der Waals surface area contributed by atoms with E-state index >= 15 is 0 Å². The zero-order valence-electron chi connectivity index (χ0n) is 14.6. The first-order chi connectivity index (χ1) is 13.7. The number of carbonyl (C=O) groups is 1. The maximum Gasteiger partial charge on any atom is 0.351 e. The lowest BCUT2D eigenvalue weighted by atomic mass is 10.1. The minimum Gasteiger partial charge on any atom is -0.456 e. The largest absolute Gasteiger partial charge is 0.456 e. The Kier molecular flexibility index (Phi) is 5.90. The number of hydrogen-bond acceptors (Lipinski definition) is 12. The van der Waals surface area contributed by atoms with Crippen LogP contribution in [-0.4, -0.2) is 60.7 Å². The molecule has 156 valence electrons. The fourth-order valence-corrected chi connectivity index (χ4v) is 3.42. The number of carbonyl (C=O) groups excluding carboxylic acids is 1. The number of aromatic nitrogens is 2. The predicted octanol–water partition coefficient (Wildman–Crippen LogP) is -1.24. The molecule has 0 aromatic carbocycles. The summed E-state index contributed by atoms with van der Waals surface area (Å²) in [7, 11) is 0. The maximum absolute atomic E-state index is 12.3. The van der Waals surface area contributed by atoms with Gasteiger partial charge in [-0.15, -0.1) is 0 Å². The van der Waals surface area contributed by atoms with E-state index in [1.165, 1.54) is 12.1 Å². The molecule has 14 heteroatoms. The van der Waals surface area contributed by atoms with Gasteiger partial charge in [-0.3, -0.25) is 14.7 Å². The van der Waals surface area contributed by atoms with E-state index in [0.29, 0.717) is 4.88 Å². The summed E-state index contributed by atoms with van der Waals surface area (Å²) in [6.07, 6.45) is -4.60. The first-order valence-corrected chi connectivity index (χ1v) is 8.96. The number of rotatable bonds is 6. The first-order valence-electron chi connectivity index (χ1n) is 8.14. The molecule has 1 aliphatic heterocycles. The summed E-state index contributed by atoms with van der Waals surface area (Å²) in [6, 6.07) is 2.70. The first kappa shape index (κ1) is 20.8. The van der Waals surface area contributed by atoms with Crippen LogP contribution in [0.5, 0.6) is 0 Å². The van der Waals surface area contributed by atoms with Crippen molar-refractivity contribution in [2.24, 2.45) is 0 Å². The SMILES string of the molecule is Nc1nc(=O)n([C@@H]2O[C@H](CO)[C@@H](O)[C@@H]2O)cc1C(=O)OCc1ccc([N+](=O)[O-])s1. The van der Waals surface area contributed by atoms with Gasteiger partial charge < -0.3 is 30.5 Å². The molecule has 13 nitrogen and oxygen atoms in total. The number of thiophene rings is 1. The van der Waals surface area contributed by atoms with E-state index in [4.69, 9.17) is 20.3 Å². The van der Waals surface area contributed by atoms with Crippen LogP contribution in [0.4, 0.5) is 10.8 Å². The van der Waals surface area contributed by atoms with Crippen molar-refractivity contribution in [1.29, 1.82) is 0 Å². The number of hydrogen-bond donors (Lipinski definition) is 4. The standard InChI is InChI=1S/C15H16N4O9S/c16-12-7(14(23)27-5-6-1-2-9(29-6)19(25)26)3-18(15(24)17-12)13-11(22)10(21)8(4-20)28-13/h1-3,8,10-11,13,20-22H,4-5H2,(H2,16,17,24)/t8-,10-,11+,13-/m1/s1. The van der Waals surface area contributed by atoms with Gasteiger partial charge in [-0.1, -0.05) is 11.3 Å². The molecule has 0 unspecified atom stereocenters. The summed E-state index contributed by atoms with van der Waals surface area (Å²) in [5.74, 6) is -1.40. The molecule has 0 spiro atoms. The summed E-state index contributed by atoms with van der Waals surface area (Å²) in [6.45, 7) is -0.877. The van der Waals surface area contributed by atoms with E-state index in [0.717, 1.165) is 22.1 Å². The van der Waals surface area contributed by atoms with Gasteiger partial charge in [0, 0.05) is 17.1 Å². The van der Waals surface area contributed by atoms with Crippen molar-refractivity contribution in [3.63, 3.8) is 0 Å². The van der Waals surface area contributed by atoms with E-state index in [1.54, 1.807) is 0 Å². The Hall–Kier alpha value is -2.91. The van der Waals surface area contributed by atoms with Crippen molar-refractivity contribution in [2.45, 2.75) is 31.1 Å². The molecule has 0 aliphatic carbocycles. The van der Waals surface area contributed by atoms with E-state index in [1.807, 2.05) is 0 Å². The molecule has 2 aromatic rings. The lowest BCUT2D eigenvalue weighted by Gasteiger charge is -2.18. The Morgan fingerprint density at radius 1 is 1.41 bits per heavy atom. The molecule has 0 saturated carbocycles. The molecule has 2 aromatic heterocycles. The molecule has 0 bridgehead atoms. The number of nitrogens with zero attached hydrogens (tertiary/aromatic N) is 3. The van der Waals surface area contributed by atoms with Crippen molar-refractivity contribution in [3.05, 3.63) is 49.4 Å². The fourth-order valence-electron chi connectivity index (χ4n) is 2.69. The van der Waals surface area contributed by atoms with Gasteiger partial charge in [-0.05, 0) is 6.07 Å². The van der Waals surface area contributed by atoms with Gasteiger partial charge in [0.15, 0.2) is 6.23 Å². The third-order valence-corrected chi connectivity index (χ3v) is 5.18. The molecule has 1 fully saturated rings. The summed E-state index contributed by atoms with van der Waals surface area (Å²) < 4.78 is 11.1. The minimum absolute atomic E-state index is 0.116. The number of nitrogen functional groups attached to an aromatic ring is 1. The summed E-state index contributed by atoms with van der Waals surface area (Å²) in [5, 5.41) is 39.6. The zero-order valence-corrected chi connectivity index (χ0v) is 15.4. The number of nitrogens with two attached hydrogens (primary N) is 1. The molecule has 29 heavy (non-hydrogen) atoms. The van der Waals surface area contributed by atoms with Gasteiger partial charge in [0.05, 0.1) is 11.5 Å². The van der Waals surface area contributed by atoms with Crippen LogP contribution in [0.2, 0.25) is 0 Å². The molecular formula is C15H16N4O9S. The Labute approximate surface area is 165 Å². The molecule has 1 saturated heterocycles. The molecule has 1 aliphatic rings. The van der Waals surface area contributed by atoms with Crippen molar-refractivity contribution in [3.8, 4) is 0 Å². The second-order valence-corrected chi connectivity index (χ2v) is 7.18. The van der Waals surface area contributed by atoms with Gasteiger partial charge >= 0.3 is 16.7 Å². The molecule has 3 rings (SSSR count). The Morgan fingerprint density at radius 2 is 2.14 bits per heavy atom. The smallest absolute Gasteiger partial charge is 0.351 e. The molecule has 0 amide bonds. The lowest BCUT2D eigenvalue weighted by Crippen LogP contribution is -2.36. The van der Waals surface area contributed by atoms with Crippen LogP contribution in [0, 0.1) is 10.1 Å². The van der Waals surface area contributed by atoms with Crippen LogP contribution >= 0.6 is 11.3 Å². The Bertz CT molecular complexity index is 990. The number of aliphatic hydroxyl groups is 3. The number of esters is 1. The monoisotopic (exact) mass is 428 g/mol. The van der Waals surface area contributed by atoms with E-state index in [9.17, 15) is 29.9 Å². The van der Waals surface area contributed by atoms with Gasteiger partial charge in [0.25, 0.3) is 0 Å². The molecular weight excluding hydrogens is 412 g/mol. The van der Waals surface area contributed by atoms with Gasteiger partial charge in [-0.25, -0.2) is 9.59 Å². The summed E-state index contributed by atoms with van der Waals surface area (Å²) >= 11 is 0.829. The van der Waals surface area contributed by atoms with Crippen LogP contribution in [0.3, 0.4) is 0 Å². The second kappa shape index (κ2) is 8.22. The van der Waals surface area contributed by atoms with Crippen molar-refractivity contribution < 1.29 is 34.5 Å². The van der Waals surface area contributed by atoms with Gasteiger partial charge in [0.1, 0.15) is 36.3 Å². The molecule has 4 atom stereocenters. The number of ether oxygens (including phenoxy) is 2. The fraction of sp³-hybridized carbons (Fsp3) is 0.400. The topological polar surface area (TPSA) is 200 Å². The third kappa shape index (κ3) is 4.10. The van der Waals surface area contributed by atoms with E-state index < -0.39 is 53.5 Å². The van der Waals surface area contributed by atoms with Crippen LogP contribution in [0.25, 0.3) is 0 Å². The Balaban J connectivity index is 1.80. The second-order valence-electron chi connectivity index (χ2n) is 6.03. The summed E-state index contributed by atoms with van der Waals surface area (Å²) in [4.78, 5) is 38.5. The van der Waals surface area contributed by atoms with E-state index in [-0.39, 0.29) is 17.2 Å². The predicted molar refractivity (Wildman–Crippen MR) is 96.0 cm³/mol. The van der Waals surface area contributed by atoms with E-state index in [2.05, 4.69) is 4.98 Å². The highest BCUT2D eigenvalue weighted by Gasteiger charge is 2.44. The van der Waals surface area contributed by atoms with Crippen LogP contribution in [0.1, 0.15) is 21.5 Å².